The van der Waals surface area contributed by atoms with E-state index >= 15 is 0 Å². The van der Waals surface area contributed by atoms with E-state index in [1.54, 1.807) is 0 Å². The van der Waals surface area contributed by atoms with Crippen molar-refractivity contribution in [2.45, 2.75) is 32.2 Å². The van der Waals surface area contributed by atoms with Crippen molar-refractivity contribution in [1.82, 2.24) is 0 Å². The summed E-state index contributed by atoms with van der Waals surface area (Å²) in [5.74, 6) is 0.883. The zero-order valence-electron chi connectivity index (χ0n) is 9.86. The van der Waals surface area contributed by atoms with Gasteiger partial charge in [0.15, 0.2) is 0 Å². The average molecular weight is 223 g/mol. The van der Waals surface area contributed by atoms with Crippen molar-refractivity contribution in [1.29, 1.82) is 0 Å². The lowest BCUT2D eigenvalue weighted by Crippen LogP contribution is -2.04. The maximum atomic E-state index is 8.61. The number of ether oxygens (including phenoxy) is 1. The van der Waals surface area contributed by atoms with Crippen molar-refractivity contribution in [3.63, 3.8) is 0 Å². The largest absolute Gasteiger partial charge is 0.494 e. The summed E-state index contributed by atoms with van der Waals surface area (Å²) in [6.07, 6.45) is 2.84. The van der Waals surface area contributed by atoms with Crippen LogP contribution in [0.5, 0.6) is 5.75 Å². The van der Waals surface area contributed by atoms with Gasteiger partial charge in [-0.05, 0) is 43.9 Å². The highest BCUT2D eigenvalue weighted by Gasteiger charge is 1.99. The summed E-state index contributed by atoms with van der Waals surface area (Å²) < 4.78 is 5.56. The summed E-state index contributed by atoms with van der Waals surface area (Å²) in [7, 11) is 0. The van der Waals surface area contributed by atoms with Crippen LogP contribution in [-0.2, 0) is 0 Å². The molecule has 3 nitrogen and oxygen atoms in total. The third-order valence-corrected chi connectivity index (χ3v) is 2.48. The topological polar surface area (TPSA) is 55.5 Å². The number of benzene rings is 1. The number of hydrogen-bond acceptors (Lipinski definition) is 3. The van der Waals surface area contributed by atoms with Crippen LogP contribution in [0.3, 0.4) is 0 Å². The fourth-order valence-electron chi connectivity index (χ4n) is 1.45. The SMILES string of the molecule is C[C@@H](N)c1ccc(OCCCCCO)cc1. The highest BCUT2D eigenvalue weighted by Crippen LogP contribution is 2.16. The molecule has 0 spiro atoms. The molecule has 1 rings (SSSR count). The molecule has 0 amide bonds. The summed E-state index contributed by atoms with van der Waals surface area (Å²) in [6, 6.07) is 7.95. The minimum atomic E-state index is 0.0682. The Hall–Kier alpha value is -1.06. The maximum absolute atomic E-state index is 8.61. The first kappa shape index (κ1) is 13.0. The molecule has 1 atom stereocenters. The molecule has 1 aromatic rings. The molecule has 0 aliphatic rings. The quantitative estimate of drug-likeness (QED) is 0.697. The van der Waals surface area contributed by atoms with Crippen LogP contribution in [0, 0.1) is 0 Å². The number of rotatable bonds is 7. The van der Waals surface area contributed by atoms with Gasteiger partial charge in [-0.3, -0.25) is 0 Å². The summed E-state index contributed by atoms with van der Waals surface area (Å²) >= 11 is 0. The number of hydrogen-bond donors (Lipinski definition) is 2. The van der Waals surface area contributed by atoms with Crippen LogP contribution in [0.2, 0.25) is 0 Å². The average Bonchev–Trinajstić information content (AvgIpc) is 2.29. The van der Waals surface area contributed by atoms with Crippen molar-refractivity contribution in [2.24, 2.45) is 5.73 Å². The van der Waals surface area contributed by atoms with Crippen molar-refractivity contribution in [3.05, 3.63) is 29.8 Å². The summed E-state index contributed by atoms with van der Waals surface area (Å²) in [4.78, 5) is 0. The summed E-state index contributed by atoms with van der Waals surface area (Å²) in [5.41, 5.74) is 6.87. The minimum Gasteiger partial charge on any atom is -0.494 e. The maximum Gasteiger partial charge on any atom is 0.119 e. The van der Waals surface area contributed by atoms with Crippen molar-refractivity contribution < 1.29 is 9.84 Å². The van der Waals surface area contributed by atoms with Gasteiger partial charge in [-0.25, -0.2) is 0 Å². The molecule has 0 heterocycles. The molecule has 0 saturated heterocycles. The van der Waals surface area contributed by atoms with Gasteiger partial charge in [0.05, 0.1) is 6.61 Å². The van der Waals surface area contributed by atoms with Crippen LogP contribution in [0.1, 0.15) is 37.8 Å². The smallest absolute Gasteiger partial charge is 0.119 e. The van der Waals surface area contributed by atoms with Gasteiger partial charge >= 0.3 is 0 Å². The summed E-state index contributed by atoms with van der Waals surface area (Å²) in [6.45, 7) is 2.94. The molecular formula is C13H21NO2. The molecule has 0 radical (unpaired) electrons. The van der Waals surface area contributed by atoms with Crippen LogP contribution >= 0.6 is 0 Å². The van der Waals surface area contributed by atoms with E-state index in [4.69, 9.17) is 15.6 Å². The van der Waals surface area contributed by atoms with Gasteiger partial charge in [-0.15, -0.1) is 0 Å². The van der Waals surface area contributed by atoms with E-state index in [9.17, 15) is 0 Å². The molecule has 0 aliphatic carbocycles. The number of aliphatic hydroxyl groups excluding tert-OH is 1. The Labute approximate surface area is 97.2 Å². The Morgan fingerprint density at radius 1 is 1.19 bits per heavy atom. The third kappa shape index (κ3) is 4.64. The fraction of sp³-hybridized carbons (Fsp3) is 0.538. The lowest BCUT2D eigenvalue weighted by Gasteiger charge is -2.08. The molecule has 0 aliphatic heterocycles. The van der Waals surface area contributed by atoms with E-state index in [1.807, 2.05) is 31.2 Å². The van der Waals surface area contributed by atoms with Crippen molar-refractivity contribution >= 4 is 0 Å². The Morgan fingerprint density at radius 2 is 1.88 bits per heavy atom. The minimum absolute atomic E-state index is 0.0682. The van der Waals surface area contributed by atoms with E-state index in [0.29, 0.717) is 6.61 Å². The van der Waals surface area contributed by atoms with Gasteiger partial charge in [0.2, 0.25) is 0 Å². The molecule has 0 unspecified atom stereocenters. The first-order valence-corrected chi connectivity index (χ1v) is 5.83. The van der Waals surface area contributed by atoms with Gasteiger partial charge in [0, 0.05) is 12.6 Å². The summed E-state index contributed by atoms with van der Waals surface area (Å²) in [5, 5.41) is 8.61. The molecular weight excluding hydrogens is 202 g/mol. The molecule has 16 heavy (non-hydrogen) atoms. The van der Waals surface area contributed by atoms with Crippen molar-refractivity contribution in [3.8, 4) is 5.75 Å². The van der Waals surface area contributed by atoms with Crippen molar-refractivity contribution in [2.75, 3.05) is 13.2 Å². The van der Waals surface area contributed by atoms with E-state index in [-0.39, 0.29) is 12.6 Å². The third-order valence-electron chi connectivity index (χ3n) is 2.48. The fourth-order valence-corrected chi connectivity index (χ4v) is 1.45. The van der Waals surface area contributed by atoms with Crippen LogP contribution < -0.4 is 10.5 Å². The van der Waals surface area contributed by atoms with E-state index in [2.05, 4.69) is 0 Å². The number of nitrogens with two attached hydrogens (primary N) is 1. The second-order valence-corrected chi connectivity index (χ2v) is 3.99. The Bertz CT molecular complexity index is 282. The highest BCUT2D eigenvalue weighted by molar-refractivity contribution is 5.28. The lowest BCUT2D eigenvalue weighted by atomic mass is 10.1. The first-order chi connectivity index (χ1) is 7.74. The molecule has 90 valence electrons. The van der Waals surface area contributed by atoms with E-state index < -0.39 is 0 Å². The monoisotopic (exact) mass is 223 g/mol. The Morgan fingerprint density at radius 3 is 2.44 bits per heavy atom. The van der Waals surface area contributed by atoms with Crippen LogP contribution in [-0.4, -0.2) is 18.3 Å². The molecule has 3 heteroatoms. The first-order valence-electron chi connectivity index (χ1n) is 5.83. The van der Waals surface area contributed by atoms with Crippen LogP contribution in [0.4, 0.5) is 0 Å². The predicted octanol–water partition coefficient (Wildman–Crippen LogP) is 2.25. The Balaban J connectivity index is 2.27. The van der Waals surface area contributed by atoms with Gasteiger partial charge in [-0.2, -0.15) is 0 Å². The predicted molar refractivity (Wildman–Crippen MR) is 65.5 cm³/mol. The van der Waals surface area contributed by atoms with E-state index in [1.165, 1.54) is 0 Å². The number of unbranched alkanes of at least 4 members (excludes halogenated alkanes) is 2. The second kappa shape index (κ2) is 7.25. The molecule has 0 bridgehead atoms. The van der Waals surface area contributed by atoms with Gasteiger partial charge in [-0.1, -0.05) is 12.1 Å². The number of aliphatic hydroxyl groups is 1. The second-order valence-electron chi connectivity index (χ2n) is 3.99. The van der Waals surface area contributed by atoms with Gasteiger partial charge in [0.25, 0.3) is 0 Å². The zero-order valence-corrected chi connectivity index (χ0v) is 9.86. The molecule has 0 aromatic heterocycles. The lowest BCUT2D eigenvalue weighted by molar-refractivity contribution is 0.266. The highest BCUT2D eigenvalue weighted by atomic mass is 16.5. The molecule has 3 N–H and O–H groups in total. The standard InChI is InChI=1S/C13H21NO2/c1-11(14)12-5-7-13(8-6-12)16-10-4-2-3-9-15/h5-8,11,15H,2-4,9-10,14H2,1H3/t11-/m1/s1. The van der Waals surface area contributed by atoms with Crippen LogP contribution in [0.25, 0.3) is 0 Å². The molecule has 0 fully saturated rings. The van der Waals surface area contributed by atoms with Gasteiger partial charge in [0.1, 0.15) is 5.75 Å². The Kier molecular flexibility index (Phi) is 5.90. The van der Waals surface area contributed by atoms with Gasteiger partial charge < -0.3 is 15.6 Å². The normalized spacial score (nSPS) is 12.4. The van der Waals surface area contributed by atoms with Crippen LogP contribution in [0.15, 0.2) is 24.3 Å². The van der Waals surface area contributed by atoms with E-state index in [0.717, 1.165) is 30.6 Å². The molecule has 0 saturated carbocycles. The molecule has 1 aromatic carbocycles. The zero-order chi connectivity index (χ0) is 11.8.